The van der Waals surface area contributed by atoms with Gasteiger partial charge in [0.1, 0.15) is 13.2 Å². The van der Waals surface area contributed by atoms with E-state index in [9.17, 15) is 5.11 Å². The molecule has 0 spiro atoms. The SMILES string of the molecule is O[C@@H]1C[C@@H](c2ccccc2)N2CCc3cc(OCc4ccccc4)c(OCc4ccccc4)cc3[C@@H]2C1. The molecule has 0 bridgehead atoms. The number of ether oxygens (including phenoxy) is 2. The van der Waals surface area contributed by atoms with Crippen LogP contribution >= 0.6 is 0 Å². The molecule has 4 aromatic rings. The number of nitrogens with zero attached hydrogens (tertiary/aromatic N) is 1. The second kappa shape index (κ2) is 10.8. The summed E-state index contributed by atoms with van der Waals surface area (Å²) in [5.74, 6) is 1.54. The van der Waals surface area contributed by atoms with Gasteiger partial charge in [-0.3, -0.25) is 4.90 Å². The molecule has 0 aromatic heterocycles. The molecule has 0 saturated carbocycles. The molecule has 0 radical (unpaired) electrons. The maximum absolute atomic E-state index is 10.9. The quantitative estimate of drug-likeness (QED) is 0.315. The summed E-state index contributed by atoms with van der Waals surface area (Å²) in [4.78, 5) is 2.58. The van der Waals surface area contributed by atoms with Gasteiger partial charge in [-0.1, -0.05) is 91.0 Å². The van der Waals surface area contributed by atoms with Crippen molar-refractivity contribution in [3.05, 3.63) is 131 Å². The molecule has 0 aliphatic carbocycles. The Morgan fingerprint density at radius 3 is 1.84 bits per heavy atom. The molecule has 2 aliphatic rings. The van der Waals surface area contributed by atoms with Gasteiger partial charge in [0.15, 0.2) is 11.5 Å². The van der Waals surface area contributed by atoms with E-state index < -0.39 is 0 Å². The second-order valence-corrected chi connectivity index (χ2v) is 10.1. The average Bonchev–Trinajstić information content (AvgIpc) is 2.96. The van der Waals surface area contributed by atoms with E-state index in [1.807, 2.05) is 36.4 Å². The second-order valence-electron chi connectivity index (χ2n) is 10.1. The van der Waals surface area contributed by atoms with Gasteiger partial charge >= 0.3 is 0 Å². The number of aliphatic hydroxyl groups excluding tert-OH is 1. The number of hydrogen-bond acceptors (Lipinski definition) is 4. The zero-order valence-electron chi connectivity index (χ0n) is 21.0. The Morgan fingerprint density at radius 1 is 0.676 bits per heavy atom. The summed E-state index contributed by atoms with van der Waals surface area (Å²) in [6, 6.07) is 35.8. The van der Waals surface area contributed by atoms with Crippen molar-refractivity contribution in [1.82, 2.24) is 4.90 Å². The third-order valence-corrected chi connectivity index (χ3v) is 7.65. The van der Waals surface area contributed by atoms with Gasteiger partial charge in [-0.15, -0.1) is 0 Å². The summed E-state index contributed by atoms with van der Waals surface area (Å²) in [6.45, 7) is 1.93. The normalized spacial score (nSPS) is 21.1. The van der Waals surface area contributed by atoms with Crippen LogP contribution in [0.4, 0.5) is 0 Å². The molecule has 188 valence electrons. The molecule has 1 fully saturated rings. The average molecular weight is 492 g/mol. The fraction of sp³-hybridized carbons (Fsp3) is 0.273. The van der Waals surface area contributed by atoms with E-state index in [0.717, 1.165) is 48.4 Å². The van der Waals surface area contributed by atoms with E-state index in [-0.39, 0.29) is 18.2 Å². The summed E-state index contributed by atoms with van der Waals surface area (Å²) < 4.78 is 12.7. The van der Waals surface area contributed by atoms with Gasteiger partial charge in [0, 0.05) is 18.6 Å². The van der Waals surface area contributed by atoms with Gasteiger partial charge in [0.2, 0.25) is 0 Å². The van der Waals surface area contributed by atoms with Gasteiger partial charge in [-0.2, -0.15) is 0 Å². The van der Waals surface area contributed by atoms with Crippen molar-refractivity contribution >= 4 is 0 Å². The lowest BCUT2D eigenvalue weighted by atomic mass is 9.81. The van der Waals surface area contributed by atoms with Gasteiger partial charge in [0.25, 0.3) is 0 Å². The van der Waals surface area contributed by atoms with Crippen LogP contribution in [0.15, 0.2) is 103 Å². The first-order valence-corrected chi connectivity index (χ1v) is 13.2. The summed E-state index contributed by atoms with van der Waals surface area (Å²) in [5, 5.41) is 10.9. The molecule has 1 saturated heterocycles. The van der Waals surface area contributed by atoms with Crippen molar-refractivity contribution in [1.29, 1.82) is 0 Å². The van der Waals surface area contributed by atoms with Crippen LogP contribution in [0, 0.1) is 0 Å². The van der Waals surface area contributed by atoms with Crippen LogP contribution in [0.1, 0.15) is 52.7 Å². The Hall–Kier alpha value is -3.60. The molecule has 37 heavy (non-hydrogen) atoms. The van der Waals surface area contributed by atoms with E-state index in [4.69, 9.17) is 9.47 Å². The van der Waals surface area contributed by atoms with E-state index in [1.165, 1.54) is 16.7 Å². The van der Waals surface area contributed by atoms with Gasteiger partial charge in [0.05, 0.1) is 6.10 Å². The van der Waals surface area contributed by atoms with Crippen LogP contribution in [-0.4, -0.2) is 22.7 Å². The minimum Gasteiger partial charge on any atom is -0.485 e. The fourth-order valence-corrected chi connectivity index (χ4v) is 5.81. The summed E-state index contributed by atoms with van der Waals surface area (Å²) in [6.07, 6.45) is 2.12. The van der Waals surface area contributed by atoms with Crippen LogP contribution in [0.2, 0.25) is 0 Å². The molecule has 2 heterocycles. The number of rotatable bonds is 7. The topological polar surface area (TPSA) is 41.9 Å². The van der Waals surface area contributed by atoms with Crippen molar-refractivity contribution < 1.29 is 14.6 Å². The van der Waals surface area contributed by atoms with Crippen molar-refractivity contribution in [2.24, 2.45) is 0 Å². The Balaban J connectivity index is 1.32. The molecule has 4 aromatic carbocycles. The highest BCUT2D eigenvalue weighted by Gasteiger charge is 2.40. The van der Waals surface area contributed by atoms with Crippen LogP contribution in [0.3, 0.4) is 0 Å². The third-order valence-electron chi connectivity index (χ3n) is 7.65. The molecular formula is C33H33NO3. The van der Waals surface area contributed by atoms with Crippen molar-refractivity contribution in [2.45, 2.75) is 50.7 Å². The Bertz CT molecular complexity index is 1310. The minimum absolute atomic E-state index is 0.153. The lowest BCUT2D eigenvalue weighted by Gasteiger charge is -2.47. The minimum atomic E-state index is -0.333. The monoisotopic (exact) mass is 491 g/mol. The zero-order valence-corrected chi connectivity index (χ0v) is 21.0. The molecule has 2 aliphatic heterocycles. The Kier molecular flexibility index (Phi) is 6.94. The standard InChI is InChI=1S/C33H33NO3/c35-28-19-30(26-14-8-3-9-15-26)34-17-16-27-18-32(36-22-24-10-4-1-5-11-24)33(21-29(27)31(34)20-28)37-23-25-12-6-2-7-13-25/h1-15,18,21,28,30-31,35H,16-17,19-20,22-23H2/t28-,30+,31+/m1/s1. The first kappa shape index (κ1) is 23.8. The highest BCUT2D eigenvalue weighted by atomic mass is 16.5. The predicted octanol–water partition coefficient (Wildman–Crippen LogP) is 6.64. The van der Waals surface area contributed by atoms with E-state index >= 15 is 0 Å². The number of aliphatic hydroxyl groups is 1. The summed E-state index contributed by atoms with van der Waals surface area (Å²) >= 11 is 0. The highest BCUT2D eigenvalue weighted by molar-refractivity contribution is 5.50. The molecule has 6 rings (SSSR count). The van der Waals surface area contributed by atoms with Crippen LogP contribution in [-0.2, 0) is 19.6 Å². The zero-order chi connectivity index (χ0) is 25.0. The van der Waals surface area contributed by atoms with Gasteiger partial charge in [-0.05, 0) is 59.2 Å². The molecule has 3 atom stereocenters. The first-order valence-electron chi connectivity index (χ1n) is 13.2. The van der Waals surface area contributed by atoms with E-state index in [2.05, 4.69) is 71.6 Å². The van der Waals surface area contributed by atoms with Crippen LogP contribution in [0.25, 0.3) is 0 Å². The Morgan fingerprint density at radius 2 is 1.22 bits per heavy atom. The maximum atomic E-state index is 10.9. The highest BCUT2D eigenvalue weighted by Crippen LogP contribution is 2.47. The van der Waals surface area contributed by atoms with Crippen LogP contribution < -0.4 is 9.47 Å². The summed E-state index contributed by atoms with van der Waals surface area (Å²) in [7, 11) is 0. The maximum Gasteiger partial charge on any atom is 0.162 e. The molecule has 0 unspecified atom stereocenters. The van der Waals surface area contributed by atoms with Crippen molar-refractivity contribution in [2.75, 3.05) is 6.54 Å². The molecule has 1 N–H and O–H groups in total. The van der Waals surface area contributed by atoms with Crippen molar-refractivity contribution in [3.8, 4) is 11.5 Å². The largest absolute Gasteiger partial charge is 0.485 e. The van der Waals surface area contributed by atoms with E-state index in [1.54, 1.807) is 0 Å². The van der Waals surface area contributed by atoms with E-state index in [0.29, 0.717) is 13.2 Å². The van der Waals surface area contributed by atoms with Crippen molar-refractivity contribution in [3.63, 3.8) is 0 Å². The van der Waals surface area contributed by atoms with Crippen LogP contribution in [0.5, 0.6) is 11.5 Å². The number of piperidine rings is 1. The molecule has 0 amide bonds. The number of benzene rings is 4. The molecule has 4 heteroatoms. The fourth-order valence-electron chi connectivity index (χ4n) is 5.81. The molecule has 4 nitrogen and oxygen atoms in total. The van der Waals surface area contributed by atoms with Gasteiger partial charge in [-0.25, -0.2) is 0 Å². The van der Waals surface area contributed by atoms with Gasteiger partial charge < -0.3 is 14.6 Å². The third kappa shape index (κ3) is 5.27. The lowest BCUT2D eigenvalue weighted by Crippen LogP contribution is -2.45. The lowest BCUT2D eigenvalue weighted by molar-refractivity contribution is -0.00689. The Labute approximate surface area is 219 Å². The smallest absolute Gasteiger partial charge is 0.162 e. The first-order chi connectivity index (χ1) is 18.2. The molecular weight excluding hydrogens is 458 g/mol. The number of hydrogen-bond donors (Lipinski definition) is 1. The summed E-state index contributed by atoms with van der Waals surface area (Å²) in [5.41, 5.74) is 6.06. The predicted molar refractivity (Wildman–Crippen MR) is 146 cm³/mol. The number of fused-ring (bicyclic) bond motifs is 3.